The SMILES string of the molecule is CC(=O)Oc1ccc(N2C(=O)CC(N(Cc3ccccc3Cl)C(C)=O)C2=O)cc1. The zero-order valence-corrected chi connectivity index (χ0v) is 16.7. The number of carbonyl (C=O) groups excluding carboxylic acids is 4. The first-order chi connectivity index (χ1) is 13.8. The highest BCUT2D eigenvalue weighted by Gasteiger charge is 2.43. The van der Waals surface area contributed by atoms with Crippen LogP contribution in [0, 0.1) is 0 Å². The molecule has 0 saturated carbocycles. The van der Waals surface area contributed by atoms with E-state index in [0.29, 0.717) is 22.0 Å². The Morgan fingerprint density at radius 3 is 2.34 bits per heavy atom. The fourth-order valence-electron chi connectivity index (χ4n) is 3.21. The van der Waals surface area contributed by atoms with Crippen LogP contribution >= 0.6 is 11.6 Å². The first kappa shape index (κ1) is 20.5. The van der Waals surface area contributed by atoms with Gasteiger partial charge < -0.3 is 9.64 Å². The molecule has 1 aliphatic rings. The first-order valence-electron chi connectivity index (χ1n) is 8.94. The van der Waals surface area contributed by atoms with Crippen LogP contribution in [0.4, 0.5) is 5.69 Å². The summed E-state index contributed by atoms with van der Waals surface area (Å²) in [5.74, 6) is -1.39. The number of benzene rings is 2. The Kier molecular flexibility index (Phi) is 5.98. The van der Waals surface area contributed by atoms with Gasteiger partial charge in [0, 0.05) is 25.4 Å². The lowest BCUT2D eigenvalue weighted by molar-refractivity contribution is -0.137. The van der Waals surface area contributed by atoms with Crippen LogP contribution in [-0.4, -0.2) is 34.6 Å². The van der Waals surface area contributed by atoms with Gasteiger partial charge in [0.25, 0.3) is 5.91 Å². The molecule has 3 amide bonds. The van der Waals surface area contributed by atoms with Crippen molar-refractivity contribution in [3.8, 4) is 5.75 Å². The van der Waals surface area contributed by atoms with Gasteiger partial charge in [-0.3, -0.25) is 19.2 Å². The Morgan fingerprint density at radius 2 is 1.76 bits per heavy atom. The number of ether oxygens (including phenoxy) is 1. The van der Waals surface area contributed by atoms with E-state index in [2.05, 4.69) is 0 Å². The van der Waals surface area contributed by atoms with E-state index in [9.17, 15) is 19.2 Å². The van der Waals surface area contributed by atoms with Crippen molar-refractivity contribution in [1.29, 1.82) is 0 Å². The monoisotopic (exact) mass is 414 g/mol. The predicted octanol–water partition coefficient (Wildman–Crippen LogP) is 2.95. The molecule has 1 heterocycles. The molecule has 1 aliphatic heterocycles. The molecular weight excluding hydrogens is 396 g/mol. The maximum absolute atomic E-state index is 13.0. The summed E-state index contributed by atoms with van der Waals surface area (Å²) in [6.45, 7) is 2.75. The molecule has 0 aromatic heterocycles. The smallest absolute Gasteiger partial charge is 0.308 e. The lowest BCUT2D eigenvalue weighted by Crippen LogP contribution is -2.44. The molecule has 1 fully saturated rings. The Balaban J connectivity index is 1.83. The van der Waals surface area contributed by atoms with E-state index >= 15 is 0 Å². The minimum atomic E-state index is -0.913. The first-order valence-corrected chi connectivity index (χ1v) is 9.31. The number of halogens is 1. The molecule has 1 atom stereocenters. The second-order valence-electron chi connectivity index (χ2n) is 6.61. The maximum Gasteiger partial charge on any atom is 0.308 e. The molecule has 2 aromatic carbocycles. The van der Waals surface area contributed by atoms with E-state index in [1.165, 1.54) is 43.0 Å². The molecular formula is C21H19ClN2O5. The van der Waals surface area contributed by atoms with Crippen LogP contribution in [0.5, 0.6) is 5.75 Å². The van der Waals surface area contributed by atoms with Crippen molar-refractivity contribution in [3.05, 3.63) is 59.1 Å². The van der Waals surface area contributed by atoms with Crippen molar-refractivity contribution in [2.75, 3.05) is 4.90 Å². The van der Waals surface area contributed by atoms with Gasteiger partial charge >= 0.3 is 5.97 Å². The minimum absolute atomic E-state index is 0.117. The van der Waals surface area contributed by atoms with E-state index in [1.54, 1.807) is 24.3 Å². The van der Waals surface area contributed by atoms with Crippen molar-refractivity contribution >= 4 is 41.0 Å². The van der Waals surface area contributed by atoms with E-state index in [-0.39, 0.29) is 18.9 Å². The summed E-state index contributed by atoms with van der Waals surface area (Å²) in [6, 6.07) is 12.1. The van der Waals surface area contributed by atoms with Crippen LogP contribution in [0.3, 0.4) is 0 Å². The molecule has 1 unspecified atom stereocenters. The molecule has 1 saturated heterocycles. The zero-order valence-electron chi connectivity index (χ0n) is 15.9. The average Bonchev–Trinajstić information content (AvgIpc) is 2.95. The zero-order chi connectivity index (χ0) is 21.1. The van der Waals surface area contributed by atoms with Crippen molar-refractivity contribution in [2.45, 2.75) is 32.9 Å². The molecule has 8 heteroatoms. The lowest BCUT2D eigenvalue weighted by atomic mass is 10.1. The Morgan fingerprint density at radius 1 is 1.10 bits per heavy atom. The number of carbonyl (C=O) groups is 4. The van der Waals surface area contributed by atoms with Crippen LogP contribution in [0.1, 0.15) is 25.8 Å². The normalized spacial score (nSPS) is 16.1. The van der Waals surface area contributed by atoms with Gasteiger partial charge in [0.15, 0.2) is 0 Å². The van der Waals surface area contributed by atoms with Crippen molar-refractivity contribution < 1.29 is 23.9 Å². The van der Waals surface area contributed by atoms with Gasteiger partial charge in [-0.05, 0) is 35.9 Å². The molecule has 2 aromatic rings. The largest absolute Gasteiger partial charge is 0.427 e. The van der Waals surface area contributed by atoms with Crippen molar-refractivity contribution in [2.24, 2.45) is 0 Å². The standard InChI is InChI=1S/C21H19ClN2O5/c1-13(25)23(12-15-5-3-4-6-18(15)22)19-11-20(27)24(21(19)28)16-7-9-17(10-8-16)29-14(2)26/h3-10,19H,11-12H2,1-2H3. The summed E-state index contributed by atoms with van der Waals surface area (Å²) in [7, 11) is 0. The Bertz CT molecular complexity index is 973. The molecule has 0 bridgehead atoms. The summed E-state index contributed by atoms with van der Waals surface area (Å²) < 4.78 is 4.96. The highest BCUT2D eigenvalue weighted by Crippen LogP contribution is 2.29. The highest BCUT2D eigenvalue weighted by molar-refractivity contribution is 6.31. The lowest BCUT2D eigenvalue weighted by Gasteiger charge is -2.27. The summed E-state index contributed by atoms with van der Waals surface area (Å²) in [5.41, 5.74) is 1.04. The third-order valence-corrected chi connectivity index (χ3v) is 4.93. The number of hydrogen-bond acceptors (Lipinski definition) is 5. The van der Waals surface area contributed by atoms with Crippen LogP contribution in [0.25, 0.3) is 0 Å². The summed E-state index contributed by atoms with van der Waals surface area (Å²) in [4.78, 5) is 51.2. The van der Waals surface area contributed by atoms with Gasteiger partial charge in [0.05, 0.1) is 12.1 Å². The number of imide groups is 1. The topological polar surface area (TPSA) is 84.0 Å². The van der Waals surface area contributed by atoms with Gasteiger partial charge in [-0.25, -0.2) is 4.90 Å². The fraction of sp³-hybridized carbons (Fsp3) is 0.238. The molecule has 0 N–H and O–H groups in total. The van der Waals surface area contributed by atoms with E-state index < -0.39 is 23.8 Å². The van der Waals surface area contributed by atoms with Crippen molar-refractivity contribution in [3.63, 3.8) is 0 Å². The third-order valence-electron chi connectivity index (χ3n) is 4.56. The van der Waals surface area contributed by atoms with E-state index in [4.69, 9.17) is 16.3 Å². The van der Waals surface area contributed by atoms with Crippen LogP contribution < -0.4 is 9.64 Å². The van der Waals surface area contributed by atoms with Crippen molar-refractivity contribution in [1.82, 2.24) is 4.90 Å². The molecule has 0 radical (unpaired) electrons. The van der Waals surface area contributed by atoms with E-state index in [1.807, 2.05) is 0 Å². The molecule has 3 rings (SSSR count). The number of nitrogens with zero attached hydrogens (tertiary/aromatic N) is 2. The highest BCUT2D eigenvalue weighted by atomic mass is 35.5. The maximum atomic E-state index is 13.0. The van der Waals surface area contributed by atoms with Gasteiger partial charge in [-0.1, -0.05) is 29.8 Å². The quantitative estimate of drug-likeness (QED) is 0.426. The molecule has 7 nitrogen and oxygen atoms in total. The number of hydrogen-bond donors (Lipinski definition) is 0. The van der Waals surface area contributed by atoms with E-state index in [0.717, 1.165) is 4.90 Å². The molecule has 0 aliphatic carbocycles. The molecule has 0 spiro atoms. The summed E-state index contributed by atoms with van der Waals surface area (Å²) in [6.07, 6.45) is -0.117. The van der Waals surface area contributed by atoms with Gasteiger partial charge in [-0.15, -0.1) is 0 Å². The fourth-order valence-corrected chi connectivity index (χ4v) is 3.41. The minimum Gasteiger partial charge on any atom is -0.427 e. The predicted molar refractivity (Wildman–Crippen MR) is 106 cm³/mol. The van der Waals surface area contributed by atoms with Gasteiger partial charge in [-0.2, -0.15) is 0 Å². The second-order valence-corrected chi connectivity index (χ2v) is 7.02. The number of amides is 3. The van der Waals surface area contributed by atoms with Crippen LogP contribution in [0.2, 0.25) is 5.02 Å². The summed E-state index contributed by atoms with van der Waals surface area (Å²) >= 11 is 6.18. The molecule has 150 valence electrons. The van der Waals surface area contributed by atoms with Gasteiger partial charge in [0.1, 0.15) is 11.8 Å². The Labute approximate surface area is 172 Å². The number of rotatable bonds is 5. The van der Waals surface area contributed by atoms with Crippen LogP contribution in [0.15, 0.2) is 48.5 Å². The molecule has 29 heavy (non-hydrogen) atoms. The Hall–Kier alpha value is -3.19. The van der Waals surface area contributed by atoms with Crippen LogP contribution in [-0.2, 0) is 25.7 Å². The average molecular weight is 415 g/mol. The number of esters is 1. The number of anilines is 1. The summed E-state index contributed by atoms with van der Waals surface area (Å²) in [5, 5.41) is 0.480. The van der Waals surface area contributed by atoms with Gasteiger partial charge in [0.2, 0.25) is 11.8 Å². The second kappa shape index (κ2) is 8.45. The third kappa shape index (κ3) is 4.46.